The normalized spacial score (nSPS) is 22.6. The third-order valence-electron chi connectivity index (χ3n) is 5.65. The van der Waals surface area contributed by atoms with Crippen LogP contribution in [0.25, 0.3) is 5.69 Å². The minimum atomic E-state index is -0.491. The highest BCUT2D eigenvalue weighted by Crippen LogP contribution is 2.40. The fraction of sp³-hybridized carbons (Fsp3) is 0.474. The molecule has 27 heavy (non-hydrogen) atoms. The van der Waals surface area contributed by atoms with Crippen LogP contribution in [0.1, 0.15) is 29.6 Å². The van der Waals surface area contributed by atoms with Crippen LogP contribution < -0.4 is 0 Å². The number of hydrogen-bond acceptors (Lipinski definition) is 5. The van der Waals surface area contributed by atoms with Crippen LogP contribution in [0.2, 0.25) is 0 Å². The first kappa shape index (κ1) is 17.7. The van der Waals surface area contributed by atoms with Gasteiger partial charge >= 0.3 is 0 Å². The molecule has 4 rings (SSSR count). The Morgan fingerprint density at radius 3 is 2.78 bits per heavy atom. The molecule has 0 aliphatic carbocycles. The predicted octanol–water partition coefficient (Wildman–Crippen LogP) is 0.714. The van der Waals surface area contributed by atoms with Crippen molar-refractivity contribution in [3.05, 3.63) is 42.5 Å². The fourth-order valence-corrected chi connectivity index (χ4v) is 4.23. The zero-order chi connectivity index (χ0) is 18.9. The average Bonchev–Trinajstić information content (AvgIpc) is 3.36. The number of aliphatic hydroxyl groups excluding tert-OH is 1. The zero-order valence-corrected chi connectivity index (χ0v) is 15.1. The molecule has 2 saturated heterocycles. The van der Waals surface area contributed by atoms with E-state index in [2.05, 4.69) is 10.2 Å². The molecule has 1 N–H and O–H groups in total. The molecule has 0 bridgehead atoms. The maximum Gasteiger partial charge on any atom is 0.253 e. The van der Waals surface area contributed by atoms with Crippen molar-refractivity contribution in [1.82, 2.24) is 24.6 Å². The Hall–Kier alpha value is -2.74. The summed E-state index contributed by atoms with van der Waals surface area (Å²) >= 11 is 0. The molecule has 8 nitrogen and oxygen atoms in total. The molecule has 2 aromatic rings. The molecule has 0 radical (unpaired) electrons. The Bertz CT molecular complexity index is 836. The summed E-state index contributed by atoms with van der Waals surface area (Å²) in [6.45, 7) is 2.06. The van der Waals surface area contributed by atoms with Crippen LogP contribution in [0.5, 0.6) is 0 Å². The van der Waals surface area contributed by atoms with Crippen LogP contribution in [0.4, 0.5) is 0 Å². The van der Waals surface area contributed by atoms with Gasteiger partial charge in [0.1, 0.15) is 12.7 Å². The summed E-state index contributed by atoms with van der Waals surface area (Å²) in [7, 11) is 0. The van der Waals surface area contributed by atoms with Crippen molar-refractivity contribution in [1.29, 1.82) is 0 Å². The summed E-state index contributed by atoms with van der Waals surface area (Å²) in [5.74, 6) is 0.0187. The molecule has 1 aromatic carbocycles. The summed E-state index contributed by atoms with van der Waals surface area (Å²) in [5, 5.41) is 16.8. The number of aliphatic hydroxyl groups is 1. The highest BCUT2D eigenvalue weighted by molar-refractivity contribution is 5.96. The van der Waals surface area contributed by atoms with Gasteiger partial charge in [-0.1, -0.05) is 6.07 Å². The molecule has 1 unspecified atom stereocenters. The lowest BCUT2D eigenvalue weighted by atomic mass is 9.78. The van der Waals surface area contributed by atoms with Gasteiger partial charge in [0, 0.05) is 37.4 Å². The second-order valence-corrected chi connectivity index (χ2v) is 7.30. The van der Waals surface area contributed by atoms with Gasteiger partial charge in [0.2, 0.25) is 5.91 Å². The molecule has 3 heterocycles. The predicted molar refractivity (Wildman–Crippen MR) is 97.2 cm³/mol. The van der Waals surface area contributed by atoms with E-state index >= 15 is 0 Å². The van der Waals surface area contributed by atoms with Gasteiger partial charge in [-0.3, -0.25) is 14.2 Å². The summed E-state index contributed by atoms with van der Waals surface area (Å²) in [4.78, 5) is 29.5. The molecule has 1 aromatic heterocycles. The van der Waals surface area contributed by atoms with E-state index in [1.54, 1.807) is 33.1 Å². The van der Waals surface area contributed by atoms with E-state index in [0.29, 0.717) is 38.2 Å². The van der Waals surface area contributed by atoms with E-state index in [4.69, 9.17) is 0 Å². The first-order valence-corrected chi connectivity index (χ1v) is 9.28. The van der Waals surface area contributed by atoms with E-state index in [1.807, 2.05) is 18.2 Å². The van der Waals surface area contributed by atoms with Crippen LogP contribution in [0.15, 0.2) is 36.9 Å². The number of rotatable bonds is 4. The Balaban J connectivity index is 1.51. The standard InChI is InChI=1S/C19H23N5O3/c25-10-9-22-7-2-5-19(18(22)27)6-8-23(12-19)17(26)15-3-1-4-16(11-15)24-13-20-21-14-24/h1,3-4,11,13-14,25H,2,5-10,12H2. The minimum absolute atomic E-state index is 0.0274. The number of β-amino-alcohol motifs (C(OH)–C–C–N with tert-alkyl or cyclic N) is 1. The van der Waals surface area contributed by atoms with E-state index in [1.165, 1.54) is 0 Å². The molecular weight excluding hydrogens is 346 g/mol. The lowest BCUT2D eigenvalue weighted by molar-refractivity contribution is -0.146. The minimum Gasteiger partial charge on any atom is -0.395 e. The molecule has 1 spiro atoms. The van der Waals surface area contributed by atoms with E-state index in [-0.39, 0.29) is 18.4 Å². The first-order chi connectivity index (χ1) is 13.1. The highest BCUT2D eigenvalue weighted by Gasteiger charge is 2.49. The summed E-state index contributed by atoms with van der Waals surface area (Å²) in [5.41, 5.74) is 0.922. The lowest BCUT2D eigenvalue weighted by Crippen LogP contribution is -2.51. The Kier molecular flexibility index (Phi) is 4.65. The number of hydrogen-bond donors (Lipinski definition) is 1. The number of amides is 2. The average molecular weight is 369 g/mol. The van der Waals surface area contributed by atoms with Crippen LogP contribution in [0.3, 0.4) is 0 Å². The van der Waals surface area contributed by atoms with E-state index in [0.717, 1.165) is 18.5 Å². The van der Waals surface area contributed by atoms with E-state index in [9.17, 15) is 14.7 Å². The van der Waals surface area contributed by atoms with Crippen molar-refractivity contribution in [2.24, 2.45) is 5.41 Å². The maximum atomic E-state index is 13.0. The SMILES string of the molecule is O=C(c1cccc(-n2cnnc2)c1)N1CCC2(CCCN(CCO)C2=O)C1. The summed E-state index contributed by atoms with van der Waals surface area (Å²) < 4.78 is 1.75. The van der Waals surface area contributed by atoms with Crippen molar-refractivity contribution in [3.63, 3.8) is 0 Å². The lowest BCUT2D eigenvalue weighted by Gasteiger charge is -2.39. The Morgan fingerprint density at radius 1 is 1.19 bits per heavy atom. The van der Waals surface area contributed by atoms with E-state index < -0.39 is 5.41 Å². The number of aromatic nitrogens is 3. The molecule has 2 aliphatic heterocycles. The summed E-state index contributed by atoms with van der Waals surface area (Å²) in [6, 6.07) is 7.34. The van der Waals surface area contributed by atoms with Crippen molar-refractivity contribution in [2.75, 3.05) is 32.8 Å². The quantitative estimate of drug-likeness (QED) is 0.857. The van der Waals surface area contributed by atoms with Gasteiger partial charge in [-0.15, -0.1) is 10.2 Å². The van der Waals surface area contributed by atoms with Gasteiger partial charge in [-0.2, -0.15) is 0 Å². The highest BCUT2D eigenvalue weighted by atomic mass is 16.3. The van der Waals surface area contributed by atoms with Crippen LogP contribution in [-0.2, 0) is 4.79 Å². The third kappa shape index (κ3) is 3.21. The van der Waals surface area contributed by atoms with Crippen LogP contribution in [0, 0.1) is 5.41 Å². The van der Waals surface area contributed by atoms with Crippen LogP contribution in [-0.4, -0.2) is 74.3 Å². The van der Waals surface area contributed by atoms with Crippen LogP contribution >= 0.6 is 0 Å². The van der Waals surface area contributed by atoms with Crippen molar-refractivity contribution in [2.45, 2.75) is 19.3 Å². The monoisotopic (exact) mass is 369 g/mol. The van der Waals surface area contributed by atoms with Gasteiger partial charge in [-0.05, 0) is 37.5 Å². The fourth-order valence-electron chi connectivity index (χ4n) is 4.23. The van der Waals surface area contributed by atoms with Gasteiger partial charge in [0.25, 0.3) is 5.91 Å². The largest absolute Gasteiger partial charge is 0.395 e. The molecule has 142 valence electrons. The second kappa shape index (κ2) is 7.11. The number of benzene rings is 1. The number of carbonyl (C=O) groups excluding carboxylic acids is 2. The first-order valence-electron chi connectivity index (χ1n) is 9.28. The molecular formula is C19H23N5O3. The Morgan fingerprint density at radius 2 is 2.00 bits per heavy atom. The van der Waals surface area contributed by atoms with Gasteiger partial charge in [-0.25, -0.2) is 0 Å². The van der Waals surface area contributed by atoms with Crippen molar-refractivity contribution >= 4 is 11.8 Å². The third-order valence-corrected chi connectivity index (χ3v) is 5.65. The number of carbonyl (C=O) groups is 2. The number of likely N-dealkylation sites (tertiary alicyclic amines) is 2. The topological polar surface area (TPSA) is 91.6 Å². The number of nitrogens with zero attached hydrogens (tertiary/aromatic N) is 5. The number of piperidine rings is 1. The zero-order valence-electron chi connectivity index (χ0n) is 15.1. The summed E-state index contributed by atoms with van der Waals surface area (Å²) in [6.07, 6.45) is 5.58. The van der Waals surface area contributed by atoms with Crippen molar-refractivity contribution in [3.8, 4) is 5.69 Å². The molecule has 2 amide bonds. The molecule has 2 aliphatic rings. The van der Waals surface area contributed by atoms with Gasteiger partial charge in [0.05, 0.1) is 12.0 Å². The van der Waals surface area contributed by atoms with Crippen molar-refractivity contribution < 1.29 is 14.7 Å². The van der Waals surface area contributed by atoms with Gasteiger partial charge in [0.15, 0.2) is 0 Å². The van der Waals surface area contributed by atoms with Gasteiger partial charge < -0.3 is 14.9 Å². The molecule has 2 fully saturated rings. The Labute approximate surface area is 157 Å². The molecule has 8 heteroatoms. The second-order valence-electron chi connectivity index (χ2n) is 7.30. The smallest absolute Gasteiger partial charge is 0.253 e. The maximum absolute atomic E-state index is 13.0. The molecule has 0 saturated carbocycles. The molecule has 1 atom stereocenters.